The second-order valence-electron chi connectivity index (χ2n) is 7.11. The van der Waals surface area contributed by atoms with Gasteiger partial charge in [-0.25, -0.2) is 21.2 Å². The molecule has 32 heavy (non-hydrogen) atoms. The first-order valence-electron chi connectivity index (χ1n) is 9.63. The van der Waals surface area contributed by atoms with E-state index in [2.05, 4.69) is 4.72 Å². The van der Waals surface area contributed by atoms with E-state index < -0.39 is 42.7 Å². The molecular weight excluding hydrogens is 459 g/mol. The number of nitrogens with one attached hydrogen (secondary N) is 1. The summed E-state index contributed by atoms with van der Waals surface area (Å²) in [4.78, 5) is 13.4. The van der Waals surface area contributed by atoms with Crippen LogP contribution >= 0.6 is 0 Å². The van der Waals surface area contributed by atoms with E-state index in [1.807, 2.05) is 6.07 Å². The highest BCUT2D eigenvalue weighted by Crippen LogP contribution is 2.21. The minimum absolute atomic E-state index is 0.0133. The lowest BCUT2D eigenvalue weighted by Gasteiger charge is -2.35. The molecule has 1 aliphatic heterocycles. The molecule has 1 saturated heterocycles. The monoisotopic (exact) mass is 480 g/mol. The van der Waals surface area contributed by atoms with Gasteiger partial charge < -0.3 is 4.90 Å². The van der Waals surface area contributed by atoms with E-state index >= 15 is 0 Å². The van der Waals surface area contributed by atoms with Crippen LogP contribution in [-0.4, -0.2) is 64.2 Å². The standard InChI is InChI=1S/C20H21FN4O5S2/c1-15(23-31(27,28)19-9-5-3-7-17(19)21)20(26)24-10-12-25(13-11-24)32(29,30)18-8-4-2-6-16(18)14-22/h2-9,15,23H,10-13H2,1H3/t15-/m0/s1. The summed E-state index contributed by atoms with van der Waals surface area (Å²) in [6.07, 6.45) is 0. The average molecular weight is 481 g/mol. The maximum atomic E-state index is 13.8. The van der Waals surface area contributed by atoms with Crippen molar-refractivity contribution in [1.82, 2.24) is 13.9 Å². The Morgan fingerprint density at radius 1 is 1.00 bits per heavy atom. The van der Waals surface area contributed by atoms with Crippen LogP contribution in [0.25, 0.3) is 0 Å². The minimum Gasteiger partial charge on any atom is -0.339 e. The highest BCUT2D eigenvalue weighted by atomic mass is 32.2. The van der Waals surface area contributed by atoms with Gasteiger partial charge in [-0.2, -0.15) is 14.3 Å². The number of nitrogens with zero attached hydrogens (tertiary/aromatic N) is 3. The lowest BCUT2D eigenvalue weighted by atomic mass is 10.2. The Kier molecular flexibility index (Phi) is 6.94. The van der Waals surface area contributed by atoms with E-state index in [4.69, 9.17) is 0 Å². The molecule has 2 aromatic rings. The first-order chi connectivity index (χ1) is 15.1. The molecule has 1 heterocycles. The lowest BCUT2D eigenvalue weighted by molar-refractivity contribution is -0.133. The third-order valence-electron chi connectivity index (χ3n) is 5.00. The highest BCUT2D eigenvalue weighted by molar-refractivity contribution is 7.89. The Bertz CT molecular complexity index is 1270. The third kappa shape index (κ3) is 4.81. The topological polar surface area (TPSA) is 128 Å². The summed E-state index contributed by atoms with van der Waals surface area (Å²) in [5.74, 6) is -1.49. The SMILES string of the molecule is C[C@H](NS(=O)(=O)c1ccccc1F)C(=O)N1CCN(S(=O)(=O)c2ccccc2C#N)CC1. The zero-order valence-corrected chi connectivity index (χ0v) is 18.7. The van der Waals surface area contributed by atoms with Gasteiger partial charge in [0.05, 0.1) is 16.5 Å². The normalized spacial score (nSPS) is 16.3. The Morgan fingerprint density at radius 3 is 2.16 bits per heavy atom. The van der Waals surface area contributed by atoms with Crippen LogP contribution in [0.4, 0.5) is 4.39 Å². The van der Waals surface area contributed by atoms with E-state index in [9.17, 15) is 31.3 Å². The molecule has 0 bridgehead atoms. The van der Waals surface area contributed by atoms with Crippen LogP contribution in [0.1, 0.15) is 12.5 Å². The predicted octanol–water partition coefficient (Wildman–Crippen LogP) is 0.897. The fraction of sp³-hybridized carbons (Fsp3) is 0.300. The molecule has 1 atom stereocenters. The van der Waals surface area contributed by atoms with Crippen molar-refractivity contribution in [2.45, 2.75) is 22.8 Å². The van der Waals surface area contributed by atoms with Crippen LogP contribution in [-0.2, 0) is 24.8 Å². The molecule has 2 aromatic carbocycles. The molecule has 0 radical (unpaired) electrons. The van der Waals surface area contributed by atoms with E-state index in [1.165, 1.54) is 46.5 Å². The predicted molar refractivity (Wildman–Crippen MR) is 113 cm³/mol. The first kappa shape index (κ1) is 23.8. The number of rotatable bonds is 6. The number of sulfonamides is 2. The third-order valence-corrected chi connectivity index (χ3v) is 8.53. The Hall–Kier alpha value is -2.85. The van der Waals surface area contributed by atoms with Gasteiger partial charge >= 0.3 is 0 Å². The van der Waals surface area contributed by atoms with Crippen LogP contribution in [0.5, 0.6) is 0 Å². The maximum Gasteiger partial charge on any atom is 0.244 e. The molecule has 1 aliphatic rings. The number of hydrogen-bond donors (Lipinski definition) is 1. The molecule has 1 amide bonds. The molecular formula is C20H21FN4O5S2. The molecule has 0 saturated carbocycles. The van der Waals surface area contributed by atoms with Crippen molar-refractivity contribution in [3.63, 3.8) is 0 Å². The highest BCUT2D eigenvalue weighted by Gasteiger charge is 2.34. The number of carbonyl (C=O) groups excluding carboxylic acids is 1. The van der Waals surface area contributed by atoms with Crippen molar-refractivity contribution in [3.8, 4) is 6.07 Å². The summed E-state index contributed by atoms with van der Waals surface area (Å²) in [6, 6.07) is 11.4. The molecule has 1 fully saturated rings. The van der Waals surface area contributed by atoms with Crippen LogP contribution in [0.15, 0.2) is 58.3 Å². The van der Waals surface area contributed by atoms with Crippen LogP contribution < -0.4 is 4.72 Å². The zero-order chi connectivity index (χ0) is 23.5. The van der Waals surface area contributed by atoms with Crippen molar-refractivity contribution in [3.05, 3.63) is 59.9 Å². The number of benzene rings is 2. The zero-order valence-electron chi connectivity index (χ0n) is 17.1. The van der Waals surface area contributed by atoms with Gasteiger partial charge in [-0.05, 0) is 31.2 Å². The first-order valence-corrected chi connectivity index (χ1v) is 12.5. The van der Waals surface area contributed by atoms with Crippen LogP contribution in [0, 0.1) is 17.1 Å². The molecule has 0 aromatic heterocycles. The van der Waals surface area contributed by atoms with E-state index in [0.29, 0.717) is 0 Å². The van der Waals surface area contributed by atoms with Crippen molar-refractivity contribution in [2.24, 2.45) is 0 Å². The Morgan fingerprint density at radius 2 is 1.56 bits per heavy atom. The van der Waals surface area contributed by atoms with Crippen molar-refractivity contribution >= 4 is 26.0 Å². The second-order valence-corrected chi connectivity index (χ2v) is 10.7. The molecule has 0 unspecified atom stereocenters. The quantitative estimate of drug-likeness (QED) is 0.654. The summed E-state index contributed by atoms with van der Waals surface area (Å²) in [6.45, 7) is 1.39. The van der Waals surface area contributed by atoms with Crippen molar-refractivity contribution < 1.29 is 26.0 Å². The average Bonchev–Trinajstić information content (AvgIpc) is 2.78. The Labute approximate surface area is 186 Å². The minimum atomic E-state index is -4.26. The maximum absolute atomic E-state index is 13.8. The molecule has 3 rings (SSSR count). The van der Waals surface area contributed by atoms with Gasteiger partial charge in [0.1, 0.15) is 16.8 Å². The van der Waals surface area contributed by atoms with Crippen molar-refractivity contribution in [1.29, 1.82) is 5.26 Å². The fourth-order valence-electron chi connectivity index (χ4n) is 3.36. The van der Waals surface area contributed by atoms with Gasteiger partial charge in [-0.3, -0.25) is 4.79 Å². The van der Waals surface area contributed by atoms with Gasteiger partial charge in [-0.1, -0.05) is 24.3 Å². The van der Waals surface area contributed by atoms with Crippen LogP contribution in [0.2, 0.25) is 0 Å². The summed E-state index contributed by atoms with van der Waals surface area (Å²) >= 11 is 0. The number of piperazine rings is 1. The smallest absolute Gasteiger partial charge is 0.244 e. The summed E-state index contributed by atoms with van der Waals surface area (Å²) in [7, 11) is -8.19. The summed E-state index contributed by atoms with van der Waals surface area (Å²) in [5.41, 5.74) is 0.0298. The molecule has 1 N–H and O–H groups in total. The van der Waals surface area contributed by atoms with Gasteiger partial charge in [0.15, 0.2) is 0 Å². The van der Waals surface area contributed by atoms with Crippen molar-refractivity contribution in [2.75, 3.05) is 26.2 Å². The second kappa shape index (κ2) is 9.33. The number of hydrogen-bond acceptors (Lipinski definition) is 6. The van der Waals surface area contributed by atoms with Gasteiger partial charge in [-0.15, -0.1) is 0 Å². The lowest BCUT2D eigenvalue weighted by Crippen LogP contribution is -2.55. The van der Waals surface area contributed by atoms with Gasteiger partial charge in [0, 0.05) is 26.2 Å². The number of carbonyl (C=O) groups is 1. The van der Waals surface area contributed by atoms with E-state index in [-0.39, 0.29) is 36.6 Å². The van der Waals surface area contributed by atoms with E-state index in [0.717, 1.165) is 12.1 Å². The van der Waals surface area contributed by atoms with Gasteiger partial charge in [0.2, 0.25) is 26.0 Å². The summed E-state index contributed by atoms with van der Waals surface area (Å²) < 4.78 is 67.8. The molecule has 12 heteroatoms. The molecule has 0 aliphatic carbocycles. The largest absolute Gasteiger partial charge is 0.339 e. The fourth-order valence-corrected chi connectivity index (χ4v) is 6.20. The molecule has 170 valence electrons. The number of halogens is 1. The number of nitriles is 1. The van der Waals surface area contributed by atoms with Crippen LogP contribution in [0.3, 0.4) is 0 Å². The molecule has 0 spiro atoms. The molecule has 9 nitrogen and oxygen atoms in total. The van der Waals surface area contributed by atoms with E-state index in [1.54, 1.807) is 6.07 Å². The Balaban J connectivity index is 1.67. The number of amides is 1. The van der Waals surface area contributed by atoms with Gasteiger partial charge in [0.25, 0.3) is 0 Å². The summed E-state index contributed by atoms with van der Waals surface area (Å²) in [5, 5.41) is 9.18.